The normalized spacial score (nSPS) is 13.2. The van der Waals surface area contributed by atoms with Crippen LogP contribution in [-0.2, 0) is 18.0 Å². The number of benzene rings is 1. The Kier molecular flexibility index (Phi) is 4.14. The van der Waals surface area contributed by atoms with Crippen LogP contribution in [0, 0.1) is 5.92 Å². The maximum Gasteiger partial charge on any atom is 0.416 e. The zero-order valence-electron chi connectivity index (χ0n) is 11.7. The fourth-order valence-electron chi connectivity index (χ4n) is 2.08. The number of alkyl halides is 3. The van der Waals surface area contributed by atoms with E-state index in [1.807, 2.05) is 19.9 Å². The van der Waals surface area contributed by atoms with Crippen LogP contribution in [0.15, 0.2) is 18.2 Å². The number of rotatable bonds is 2. The van der Waals surface area contributed by atoms with Gasteiger partial charge in [0.05, 0.1) is 5.56 Å². The van der Waals surface area contributed by atoms with Crippen LogP contribution >= 0.6 is 0 Å². The molecule has 0 N–H and O–H groups in total. The largest absolute Gasteiger partial charge is 0.416 e. The van der Waals surface area contributed by atoms with E-state index in [1.165, 1.54) is 6.07 Å². The van der Waals surface area contributed by atoms with E-state index in [0.29, 0.717) is 17.9 Å². The van der Waals surface area contributed by atoms with E-state index >= 15 is 0 Å². The number of hydrogen-bond acceptors (Lipinski definition) is 0. The predicted molar refractivity (Wildman–Crippen MR) is 68.7 cm³/mol. The molecule has 0 aromatic heterocycles. The van der Waals surface area contributed by atoms with Crippen molar-refractivity contribution in [3.63, 3.8) is 0 Å². The van der Waals surface area contributed by atoms with Crippen LogP contribution in [0.3, 0.4) is 0 Å². The van der Waals surface area contributed by atoms with Gasteiger partial charge in [0.15, 0.2) is 0 Å². The van der Waals surface area contributed by atoms with Crippen LogP contribution in [0.5, 0.6) is 0 Å². The van der Waals surface area contributed by atoms with Crippen LogP contribution in [0.2, 0.25) is 0 Å². The monoisotopic (exact) mass is 258 g/mol. The summed E-state index contributed by atoms with van der Waals surface area (Å²) in [5.41, 5.74) is 0.127. The summed E-state index contributed by atoms with van der Waals surface area (Å²) in [7, 11) is 0. The highest BCUT2D eigenvalue weighted by atomic mass is 19.4. The molecular weight excluding hydrogens is 237 g/mol. The van der Waals surface area contributed by atoms with E-state index in [0.717, 1.165) is 5.56 Å². The molecule has 0 radical (unpaired) electrons. The maximum atomic E-state index is 13.1. The minimum atomic E-state index is -4.28. The molecule has 18 heavy (non-hydrogen) atoms. The van der Waals surface area contributed by atoms with Crippen molar-refractivity contribution in [2.45, 2.75) is 52.6 Å². The third-order valence-corrected chi connectivity index (χ3v) is 2.84. The third-order valence-electron chi connectivity index (χ3n) is 2.84. The fourth-order valence-corrected chi connectivity index (χ4v) is 2.08. The summed E-state index contributed by atoms with van der Waals surface area (Å²) in [6.07, 6.45) is -3.61. The van der Waals surface area contributed by atoms with E-state index < -0.39 is 17.2 Å². The van der Waals surface area contributed by atoms with Crippen LogP contribution < -0.4 is 0 Å². The first-order valence-electron chi connectivity index (χ1n) is 6.22. The van der Waals surface area contributed by atoms with Crippen LogP contribution in [0.1, 0.15) is 51.3 Å². The zero-order valence-corrected chi connectivity index (χ0v) is 11.7. The molecule has 0 unspecified atom stereocenters. The van der Waals surface area contributed by atoms with Gasteiger partial charge in [-0.2, -0.15) is 13.2 Å². The Morgan fingerprint density at radius 3 is 1.94 bits per heavy atom. The summed E-state index contributed by atoms with van der Waals surface area (Å²) >= 11 is 0. The van der Waals surface area contributed by atoms with Crippen LogP contribution in [0.25, 0.3) is 0 Å². The highest BCUT2D eigenvalue weighted by molar-refractivity contribution is 5.38. The van der Waals surface area contributed by atoms with Crippen molar-refractivity contribution in [2.75, 3.05) is 0 Å². The lowest BCUT2D eigenvalue weighted by Crippen LogP contribution is -2.20. The Bertz CT molecular complexity index is 409. The molecule has 0 aliphatic heterocycles. The summed E-state index contributed by atoms with van der Waals surface area (Å²) in [5, 5.41) is 0. The van der Waals surface area contributed by atoms with E-state index in [9.17, 15) is 13.2 Å². The molecule has 102 valence electrons. The molecule has 0 fully saturated rings. The van der Waals surface area contributed by atoms with Crippen molar-refractivity contribution in [1.29, 1.82) is 0 Å². The molecule has 1 aromatic carbocycles. The maximum absolute atomic E-state index is 13.1. The summed E-state index contributed by atoms with van der Waals surface area (Å²) in [5.74, 6) is 0.353. The average Bonchev–Trinajstić information content (AvgIpc) is 2.13. The van der Waals surface area contributed by atoms with Crippen LogP contribution in [-0.4, -0.2) is 0 Å². The van der Waals surface area contributed by atoms with Gasteiger partial charge in [-0.1, -0.05) is 46.8 Å². The molecular formula is C15H21F3. The molecule has 0 amide bonds. The summed E-state index contributed by atoms with van der Waals surface area (Å²) in [4.78, 5) is 0. The van der Waals surface area contributed by atoms with Crippen molar-refractivity contribution in [3.8, 4) is 0 Å². The lowest BCUT2D eigenvalue weighted by molar-refractivity contribution is -0.138. The molecule has 0 bridgehead atoms. The van der Waals surface area contributed by atoms with E-state index in [1.54, 1.807) is 26.8 Å². The molecule has 1 rings (SSSR count). The topological polar surface area (TPSA) is 0 Å². The molecule has 0 aliphatic rings. The molecule has 0 spiro atoms. The summed E-state index contributed by atoms with van der Waals surface area (Å²) in [6, 6.07) is 4.75. The SMILES string of the molecule is CC(C)Cc1ccc(C(C)(C)C)c(C(F)(F)F)c1. The van der Waals surface area contributed by atoms with Gasteiger partial charge in [-0.15, -0.1) is 0 Å². The van der Waals surface area contributed by atoms with Crippen molar-refractivity contribution in [3.05, 3.63) is 34.9 Å². The van der Waals surface area contributed by atoms with Gasteiger partial charge in [0.25, 0.3) is 0 Å². The Balaban J connectivity index is 3.31. The Morgan fingerprint density at radius 1 is 1.00 bits per heavy atom. The van der Waals surface area contributed by atoms with E-state index in [4.69, 9.17) is 0 Å². The van der Waals surface area contributed by atoms with Gasteiger partial charge in [-0.05, 0) is 34.9 Å². The standard InChI is InChI=1S/C15H21F3/c1-10(2)8-11-6-7-12(14(3,4)5)13(9-11)15(16,17)18/h6-7,9-10H,8H2,1-5H3. The van der Waals surface area contributed by atoms with E-state index in [2.05, 4.69) is 0 Å². The average molecular weight is 258 g/mol. The van der Waals surface area contributed by atoms with Gasteiger partial charge in [-0.25, -0.2) is 0 Å². The second kappa shape index (κ2) is 4.94. The van der Waals surface area contributed by atoms with Gasteiger partial charge in [0.2, 0.25) is 0 Å². The first-order valence-corrected chi connectivity index (χ1v) is 6.22. The van der Waals surface area contributed by atoms with Gasteiger partial charge in [-0.3, -0.25) is 0 Å². The molecule has 3 heteroatoms. The first kappa shape index (κ1) is 15.1. The number of hydrogen-bond donors (Lipinski definition) is 0. The molecule has 0 nitrogen and oxygen atoms in total. The minimum absolute atomic E-state index is 0.353. The number of halogens is 3. The second-order valence-electron chi connectivity index (χ2n) is 6.23. The molecule has 0 saturated carbocycles. The minimum Gasteiger partial charge on any atom is -0.166 e. The smallest absolute Gasteiger partial charge is 0.166 e. The quantitative estimate of drug-likeness (QED) is 0.683. The van der Waals surface area contributed by atoms with E-state index in [-0.39, 0.29) is 0 Å². The lowest BCUT2D eigenvalue weighted by atomic mass is 9.82. The molecule has 1 aromatic rings. The van der Waals surface area contributed by atoms with Crippen LogP contribution in [0.4, 0.5) is 13.2 Å². The molecule has 0 heterocycles. The molecule has 0 atom stereocenters. The molecule has 0 saturated heterocycles. The van der Waals surface area contributed by atoms with Gasteiger partial charge >= 0.3 is 6.18 Å². The first-order chi connectivity index (χ1) is 8.01. The van der Waals surface area contributed by atoms with Crippen molar-refractivity contribution >= 4 is 0 Å². The van der Waals surface area contributed by atoms with Crippen molar-refractivity contribution in [2.24, 2.45) is 5.92 Å². The highest BCUT2D eigenvalue weighted by Crippen LogP contribution is 2.38. The second-order valence-corrected chi connectivity index (χ2v) is 6.23. The van der Waals surface area contributed by atoms with Crippen molar-refractivity contribution < 1.29 is 13.2 Å². The predicted octanol–water partition coefficient (Wildman–Crippen LogP) is 5.20. The van der Waals surface area contributed by atoms with Gasteiger partial charge in [0.1, 0.15) is 0 Å². The zero-order chi connectivity index (χ0) is 14.1. The molecule has 0 aliphatic carbocycles. The summed E-state index contributed by atoms with van der Waals surface area (Å²) < 4.78 is 39.3. The van der Waals surface area contributed by atoms with Gasteiger partial charge < -0.3 is 0 Å². The summed E-state index contributed by atoms with van der Waals surface area (Å²) in [6.45, 7) is 9.43. The Hall–Kier alpha value is -0.990. The third kappa shape index (κ3) is 3.76. The lowest BCUT2D eigenvalue weighted by Gasteiger charge is -2.25. The Labute approximate surface area is 107 Å². The fraction of sp³-hybridized carbons (Fsp3) is 0.600. The van der Waals surface area contributed by atoms with Crippen molar-refractivity contribution in [1.82, 2.24) is 0 Å². The highest BCUT2D eigenvalue weighted by Gasteiger charge is 2.36. The Morgan fingerprint density at radius 2 is 1.56 bits per heavy atom. The van der Waals surface area contributed by atoms with Gasteiger partial charge in [0, 0.05) is 0 Å².